The van der Waals surface area contributed by atoms with E-state index in [2.05, 4.69) is 14.7 Å². The van der Waals surface area contributed by atoms with Gasteiger partial charge in [0.15, 0.2) is 0 Å². The minimum Gasteiger partial charge on any atom is -0.424 e. The molecular formula is C18H15Cl2N3O3S. The fourth-order valence-electron chi connectivity index (χ4n) is 2.34. The van der Waals surface area contributed by atoms with E-state index < -0.39 is 10.0 Å². The highest BCUT2D eigenvalue weighted by Crippen LogP contribution is 2.27. The number of aromatic nitrogens is 2. The second-order valence-electron chi connectivity index (χ2n) is 5.74. The van der Waals surface area contributed by atoms with Crippen LogP contribution in [0.3, 0.4) is 0 Å². The van der Waals surface area contributed by atoms with Gasteiger partial charge in [-0.2, -0.15) is 0 Å². The smallest absolute Gasteiger partial charge is 0.322 e. The molecular weight excluding hydrogens is 409 g/mol. The van der Waals surface area contributed by atoms with Crippen molar-refractivity contribution < 1.29 is 13.2 Å². The Morgan fingerprint density at radius 3 is 2.15 bits per heavy atom. The summed E-state index contributed by atoms with van der Waals surface area (Å²) in [6, 6.07) is 12.6. The zero-order chi connectivity index (χ0) is 19.6. The van der Waals surface area contributed by atoms with Gasteiger partial charge in [0.2, 0.25) is 0 Å². The molecule has 3 rings (SSSR count). The summed E-state index contributed by atoms with van der Waals surface area (Å²) in [5.41, 5.74) is 1.94. The number of anilines is 1. The summed E-state index contributed by atoms with van der Waals surface area (Å²) in [6.45, 7) is 3.70. The number of hydrogen-bond acceptors (Lipinski definition) is 5. The summed E-state index contributed by atoms with van der Waals surface area (Å²) >= 11 is 11.8. The van der Waals surface area contributed by atoms with Gasteiger partial charge in [0.05, 0.1) is 5.02 Å². The number of halogens is 2. The molecule has 9 heteroatoms. The van der Waals surface area contributed by atoms with Gasteiger partial charge in [-0.25, -0.2) is 18.4 Å². The molecule has 0 saturated heterocycles. The molecule has 0 spiro atoms. The predicted molar refractivity (Wildman–Crippen MR) is 105 cm³/mol. The number of aryl methyl sites for hydroxylation is 2. The lowest BCUT2D eigenvalue weighted by atomic mass is 10.3. The third-order valence-electron chi connectivity index (χ3n) is 3.46. The molecule has 0 aliphatic carbocycles. The van der Waals surface area contributed by atoms with Crippen LogP contribution in [0, 0.1) is 13.8 Å². The van der Waals surface area contributed by atoms with Gasteiger partial charge in [0.25, 0.3) is 10.0 Å². The van der Waals surface area contributed by atoms with Gasteiger partial charge in [0, 0.05) is 22.1 Å². The highest BCUT2D eigenvalue weighted by atomic mass is 35.5. The van der Waals surface area contributed by atoms with Crippen molar-refractivity contribution in [1.29, 1.82) is 0 Å². The van der Waals surface area contributed by atoms with Gasteiger partial charge in [-0.3, -0.25) is 4.72 Å². The van der Waals surface area contributed by atoms with Crippen molar-refractivity contribution in [2.75, 3.05) is 4.72 Å². The summed E-state index contributed by atoms with van der Waals surface area (Å²) in [6.07, 6.45) is 0. The Bertz CT molecular complexity index is 1070. The van der Waals surface area contributed by atoms with Gasteiger partial charge >= 0.3 is 6.01 Å². The fraction of sp³-hybridized carbons (Fsp3) is 0.111. The molecule has 0 fully saturated rings. The van der Waals surface area contributed by atoms with Crippen LogP contribution in [0.4, 0.5) is 5.69 Å². The Morgan fingerprint density at radius 2 is 1.56 bits per heavy atom. The van der Waals surface area contributed by atoms with Crippen molar-refractivity contribution in [3.63, 3.8) is 0 Å². The van der Waals surface area contributed by atoms with Crippen molar-refractivity contribution in [2.24, 2.45) is 0 Å². The first-order valence-electron chi connectivity index (χ1n) is 7.81. The van der Waals surface area contributed by atoms with Crippen LogP contribution < -0.4 is 9.46 Å². The Labute approximate surface area is 167 Å². The zero-order valence-electron chi connectivity index (χ0n) is 14.4. The first-order valence-corrected chi connectivity index (χ1v) is 10.0. The first kappa shape index (κ1) is 19.4. The maximum atomic E-state index is 12.5. The highest BCUT2D eigenvalue weighted by molar-refractivity contribution is 7.92. The normalized spacial score (nSPS) is 11.3. The summed E-state index contributed by atoms with van der Waals surface area (Å²) in [5.74, 6) is 0.479. The van der Waals surface area contributed by atoms with Gasteiger partial charge < -0.3 is 4.74 Å². The second kappa shape index (κ2) is 7.72. The molecule has 1 N–H and O–H groups in total. The number of sulfonamides is 1. The molecule has 0 radical (unpaired) electrons. The monoisotopic (exact) mass is 423 g/mol. The van der Waals surface area contributed by atoms with E-state index in [4.69, 9.17) is 27.9 Å². The van der Waals surface area contributed by atoms with Crippen LogP contribution in [-0.4, -0.2) is 18.4 Å². The predicted octanol–water partition coefficient (Wildman–Crippen LogP) is 4.99. The summed E-state index contributed by atoms with van der Waals surface area (Å²) < 4.78 is 33.1. The summed E-state index contributed by atoms with van der Waals surface area (Å²) in [5, 5.41) is 0.399. The van der Waals surface area contributed by atoms with E-state index in [1.54, 1.807) is 24.3 Å². The molecule has 0 aliphatic heterocycles. The van der Waals surface area contributed by atoms with E-state index in [1.165, 1.54) is 18.2 Å². The van der Waals surface area contributed by atoms with Gasteiger partial charge in [-0.15, -0.1) is 0 Å². The molecule has 2 aromatic carbocycles. The van der Waals surface area contributed by atoms with Crippen LogP contribution in [0.5, 0.6) is 11.8 Å². The van der Waals surface area contributed by atoms with E-state index in [-0.39, 0.29) is 15.9 Å². The Morgan fingerprint density at radius 1 is 0.926 bits per heavy atom. The first-order chi connectivity index (χ1) is 12.7. The Hall–Kier alpha value is -2.35. The van der Waals surface area contributed by atoms with Gasteiger partial charge in [-0.1, -0.05) is 23.2 Å². The average Bonchev–Trinajstić information content (AvgIpc) is 2.55. The molecule has 140 valence electrons. The van der Waals surface area contributed by atoms with Crippen molar-refractivity contribution in [2.45, 2.75) is 18.7 Å². The van der Waals surface area contributed by atoms with E-state index >= 15 is 0 Å². The average molecular weight is 424 g/mol. The fourth-order valence-corrected chi connectivity index (χ4v) is 4.17. The molecule has 0 amide bonds. The van der Waals surface area contributed by atoms with Crippen LogP contribution in [0.2, 0.25) is 10.0 Å². The van der Waals surface area contributed by atoms with Crippen LogP contribution in [0.1, 0.15) is 11.4 Å². The molecule has 1 heterocycles. The van der Waals surface area contributed by atoms with Crippen molar-refractivity contribution in [3.8, 4) is 11.8 Å². The van der Waals surface area contributed by atoms with E-state index in [9.17, 15) is 8.42 Å². The van der Waals surface area contributed by atoms with Crippen LogP contribution in [0.25, 0.3) is 0 Å². The lowest BCUT2D eigenvalue weighted by Crippen LogP contribution is -2.13. The molecule has 3 aromatic rings. The molecule has 0 aliphatic rings. The van der Waals surface area contributed by atoms with Crippen LogP contribution in [-0.2, 0) is 10.0 Å². The third-order valence-corrected chi connectivity index (χ3v) is 5.56. The number of nitrogens with zero attached hydrogens (tertiary/aromatic N) is 2. The zero-order valence-corrected chi connectivity index (χ0v) is 16.7. The number of benzene rings is 2. The topological polar surface area (TPSA) is 81.2 Å². The van der Waals surface area contributed by atoms with Crippen LogP contribution >= 0.6 is 23.2 Å². The Balaban J connectivity index is 1.77. The maximum absolute atomic E-state index is 12.5. The van der Waals surface area contributed by atoms with E-state index in [0.29, 0.717) is 16.5 Å². The van der Waals surface area contributed by atoms with Gasteiger partial charge in [-0.05, 0) is 62.4 Å². The number of rotatable bonds is 5. The highest BCUT2D eigenvalue weighted by Gasteiger charge is 2.18. The minimum atomic E-state index is -3.85. The van der Waals surface area contributed by atoms with Crippen molar-refractivity contribution in [3.05, 3.63) is 70.0 Å². The minimum absolute atomic E-state index is 0.0434. The molecule has 0 saturated carbocycles. The van der Waals surface area contributed by atoms with E-state index in [1.807, 2.05) is 19.9 Å². The number of nitrogens with one attached hydrogen (secondary N) is 1. The lowest BCUT2D eigenvalue weighted by molar-refractivity contribution is 0.439. The van der Waals surface area contributed by atoms with Crippen LogP contribution in [0.15, 0.2) is 53.4 Å². The molecule has 6 nitrogen and oxygen atoms in total. The molecule has 0 unspecified atom stereocenters. The summed E-state index contributed by atoms with van der Waals surface area (Å²) in [7, 11) is -3.85. The van der Waals surface area contributed by atoms with Crippen molar-refractivity contribution in [1.82, 2.24) is 9.97 Å². The number of ether oxygens (including phenoxy) is 1. The van der Waals surface area contributed by atoms with E-state index in [0.717, 1.165) is 11.4 Å². The lowest BCUT2D eigenvalue weighted by Gasteiger charge is -2.10. The van der Waals surface area contributed by atoms with Crippen molar-refractivity contribution >= 4 is 38.9 Å². The Kier molecular flexibility index (Phi) is 5.55. The maximum Gasteiger partial charge on any atom is 0.322 e. The molecule has 0 bridgehead atoms. The standard InChI is InChI=1S/C18H15Cl2N3O3S/c1-11-9-12(2)22-18(21-11)26-15-6-4-14(5-7-15)23-27(24,25)17-8-3-13(19)10-16(17)20/h3-10,23H,1-2H3. The third kappa shape index (κ3) is 4.88. The SMILES string of the molecule is Cc1cc(C)nc(Oc2ccc(NS(=O)(=O)c3ccc(Cl)cc3Cl)cc2)n1. The molecule has 1 aromatic heterocycles. The largest absolute Gasteiger partial charge is 0.424 e. The molecule has 0 atom stereocenters. The van der Waals surface area contributed by atoms with Gasteiger partial charge in [0.1, 0.15) is 10.6 Å². The summed E-state index contributed by atoms with van der Waals surface area (Å²) in [4.78, 5) is 8.34. The quantitative estimate of drug-likeness (QED) is 0.624. The second-order valence-corrected chi connectivity index (χ2v) is 8.23. The molecule has 27 heavy (non-hydrogen) atoms. The number of hydrogen-bond donors (Lipinski definition) is 1.